The summed E-state index contributed by atoms with van der Waals surface area (Å²) < 4.78 is 33.0. The van der Waals surface area contributed by atoms with E-state index in [1.807, 2.05) is 0 Å². The summed E-state index contributed by atoms with van der Waals surface area (Å²) in [4.78, 5) is 24.6. The maximum absolute atomic E-state index is 12.5. The van der Waals surface area contributed by atoms with Gasteiger partial charge in [-0.1, -0.05) is 0 Å². The monoisotopic (exact) mass is 347 g/mol. The van der Waals surface area contributed by atoms with Gasteiger partial charge in [-0.15, -0.1) is 0 Å². The summed E-state index contributed by atoms with van der Waals surface area (Å²) in [6.07, 6.45) is 0.389. The molecule has 1 amide bonds. The normalized spacial score (nSPS) is 30.2. The Kier molecular flexibility index (Phi) is 4.59. The Hall–Kier alpha value is -1.23. The van der Waals surface area contributed by atoms with Crippen LogP contribution in [0.25, 0.3) is 0 Å². The number of hydrogen-bond donors (Lipinski definition) is 1. The lowest BCUT2D eigenvalue weighted by Crippen LogP contribution is -2.56. The standard InChI is InChI=1S/C13H21N3O6S/c17-12(10-9-11(10)13(18)19)14-1-3-15(4-2-14)23(20,21)16-5-7-22-8-6-16/h10-11H,1-9H2,(H,18,19). The zero-order valence-electron chi connectivity index (χ0n) is 12.8. The van der Waals surface area contributed by atoms with Crippen LogP contribution < -0.4 is 0 Å². The number of rotatable bonds is 4. The van der Waals surface area contributed by atoms with Crippen LogP contribution in [0.3, 0.4) is 0 Å². The average molecular weight is 347 g/mol. The second-order valence-electron chi connectivity index (χ2n) is 6.03. The lowest BCUT2D eigenvalue weighted by molar-refractivity contribution is -0.142. The van der Waals surface area contributed by atoms with Gasteiger partial charge in [-0.05, 0) is 6.42 Å². The number of morpholine rings is 1. The molecule has 0 radical (unpaired) electrons. The van der Waals surface area contributed by atoms with E-state index in [2.05, 4.69) is 0 Å². The molecule has 1 saturated carbocycles. The highest BCUT2D eigenvalue weighted by atomic mass is 32.2. The molecule has 0 aromatic heterocycles. The molecule has 0 aromatic rings. The van der Waals surface area contributed by atoms with Gasteiger partial charge in [0.05, 0.1) is 25.0 Å². The first kappa shape index (κ1) is 16.6. The molecule has 23 heavy (non-hydrogen) atoms. The number of carboxylic acids is 1. The number of nitrogens with zero attached hydrogens (tertiary/aromatic N) is 3. The van der Waals surface area contributed by atoms with Gasteiger partial charge in [0, 0.05) is 39.3 Å². The highest BCUT2D eigenvalue weighted by Gasteiger charge is 2.50. The maximum Gasteiger partial charge on any atom is 0.307 e. The van der Waals surface area contributed by atoms with Crippen LogP contribution in [-0.4, -0.2) is 91.4 Å². The fraction of sp³-hybridized carbons (Fsp3) is 0.846. The topological polar surface area (TPSA) is 107 Å². The van der Waals surface area contributed by atoms with Gasteiger partial charge in [-0.25, -0.2) is 0 Å². The third kappa shape index (κ3) is 3.35. The highest BCUT2D eigenvalue weighted by Crippen LogP contribution is 2.40. The Labute approximate surface area is 135 Å². The van der Waals surface area contributed by atoms with Crippen molar-refractivity contribution in [3.63, 3.8) is 0 Å². The molecule has 10 heteroatoms. The van der Waals surface area contributed by atoms with Gasteiger partial charge >= 0.3 is 5.97 Å². The summed E-state index contributed by atoms with van der Waals surface area (Å²) in [5, 5.41) is 8.89. The molecule has 3 fully saturated rings. The van der Waals surface area contributed by atoms with Crippen molar-refractivity contribution in [3.05, 3.63) is 0 Å². The largest absolute Gasteiger partial charge is 0.481 e. The lowest BCUT2D eigenvalue weighted by Gasteiger charge is -2.37. The van der Waals surface area contributed by atoms with Crippen LogP contribution in [0.4, 0.5) is 0 Å². The summed E-state index contributed by atoms with van der Waals surface area (Å²) in [6, 6.07) is 0. The summed E-state index contributed by atoms with van der Waals surface area (Å²) in [6.45, 7) is 2.61. The lowest BCUT2D eigenvalue weighted by atomic mass is 10.2. The Bertz CT molecular complexity index is 581. The van der Waals surface area contributed by atoms with Gasteiger partial charge in [-0.3, -0.25) is 9.59 Å². The SMILES string of the molecule is O=C(O)C1CC1C(=O)N1CCN(S(=O)(=O)N2CCOCC2)CC1. The molecule has 0 spiro atoms. The molecule has 1 N–H and O–H groups in total. The minimum atomic E-state index is -3.51. The minimum absolute atomic E-state index is 0.166. The first-order valence-corrected chi connectivity index (χ1v) is 9.15. The van der Waals surface area contributed by atoms with Crippen molar-refractivity contribution < 1.29 is 27.9 Å². The van der Waals surface area contributed by atoms with Gasteiger partial charge < -0.3 is 14.7 Å². The van der Waals surface area contributed by atoms with E-state index >= 15 is 0 Å². The quantitative estimate of drug-likeness (QED) is 0.658. The number of aliphatic carboxylic acids is 1. The van der Waals surface area contributed by atoms with Crippen molar-refractivity contribution in [2.75, 3.05) is 52.5 Å². The number of carboxylic acid groups (broad SMARTS) is 1. The van der Waals surface area contributed by atoms with E-state index in [9.17, 15) is 18.0 Å². The summed E-state index contributed by atoms with van der Waals surface area (Å²) in [7, 11) is -3.51. The second kappa shape index (κ2) is 6.34. The van der Waals surface area contributed by atoms with E-state index in [-0.39, 0.29) is 19.0 Å². The molecule has 2 atom stereocenters. The van der Waals surface area contributed by atoms with Gasteiger partial charge in [0.1, 0.15) is 0 Å². The molecule has 2 unspecified atom stereocenters. The van der Waals surface area contributed by atoms with Crippen molar-refractivity contribution in [3.8, 4) is 0 Å². The van der Waals surface area contributed by atoms with Crippen molar-refractivity contribution >= 4 is 22.1 Å². The second-order valence-corrected chi connectivity index (χ2v) is 7.96. The molecular weight excluding hydrogens is 326 g/mol. The van der Waals surface area contributed by atoms with E-state index in [4.69, 9.17) is 9.84 Å². The zero-order valence-corrected chi connectivity index (χ0v) is 13.6. The van der Waals surface area contributed by atoms with Crippen LogP contribution in [0.1, 0.15) is 6.42 Å². The summed E-state index contributed by atoms with van der Waals surface area (Å²) in [5.41, 5.74) is 0. The van der Waals surface area contributed by atoms with Crippen molar-refractivity contribution in [2.45, 2.75) is 6.42 Å². The Morgan fingerprint density at radius 1 is 0.913 bits per heavy atom. The third-order valence-corrected chi connectivity index (χ3v) is 6.63. The Balaban J connectivity index is 1.54. The van der Waals surface area contributed by atoms with E-state index < -0.39 is 28.0 Å². The van der Waals surface area contributed by atoms with Crippen LogP contribution >= 0.6 is 0 Å². The number of amides is 1. The van der Waals surface area contributed by atoms with Crippen LogP contribution in [-0.2, 0) is 24.5 Å². The molecule has 0 aromatic carbocycles. The van der Waals surface area contributed by atoms with Crippen LogP contribution in [0, 0.1) is 11.8 Å². The molecule has 9 nitrogen and oxygen atoms in total. The smallest absolute Gasteiger partial charge is 0.307 e. The molecule has 2 saturated heterocycles. The van der Waals surface area contributed by atoms with Crippen LogP contribution in [0.2, 0.25) is 0 Å². The molecule has 130 valence electrons. The minimum Gasteiger partial charge on any atom is -0.481 e. The molecule has 2 heterocycles. The molecule has 3 rings (SSSR count). The van der Waals surface area contributed by atoms with E-state index in [1.54, 1.807) is 4.90 Å². The first-order valence-electron chi connectivity index (χ1n) is 7.76. The van der Waals surface area contributed by atoms with Crippen LogP contribution in [0.15, 0.2) is 0 Å². The van der Waals surface area contributed by atoms with E-state index in [1.165, 1.54) is 8.61 Å². The van der Waals surface area contributed by atoms with Gasteiger partial charge in [0.25, 0.3) is 10.2 Å². The summed E-state index contributed by atoms with van der Waals surface area (Å²) in [5.74, 6) is -2.11. The molecule has 1 aliphatic carbocycles. The number of hydrogen-bond acceptors (Lipinski definition) is 5. The average Bonchev–Trinajstić information content (AvgIpc) is 3.36. The molecule has 2 aliphatic heterocycles. The molecule has 0 bridgehead atoms. The molecule has 3 aliphatic rings. The fourth-order valence-corrected chi connectivity index (χ4v) is 4.62. The van der Waals surface area contributed by atoms with E-state index in [0.717, 1.165) is 0 Å². The van der Waals surface area contributed by atoms with Crippen molar-refractivity contribution in [1.82, 2.24) is 13.5 Å². The molecular formula is C13H21N3O6S. The third-order valence-electron chi connectivity index (χ3n) is 4.60. The number of carbonyl (C=O) groups excluding carboxylic acids is 1. The predicted octanol–water partition coefficient (Wildman–Crippen LogP) is -1.57. The van der Waals surface area contributed by atoms with Crippen LogP contribution in [0.5, 0.6) is 0 Å². The Morgan fingerprint density at radius 2 is 1.48 bits per heavy atom. The zero-order chi connectivity index (χ0) is 16.6. The van der Waals surface area contributed by atoms with Crippen molar-refractivity contribution in [1.29, 1.82) is 0 Å². The fourth-order valence-electron chi connectivity index (χ4n) is 3.06. The number of piperazine rings is 1. The predicted molar refractivity (Wildman–Crippen MR) is 78.7 cm³/mol. The van der Waals surface area contributed by atoms with Crippen molar-refractivity contribution in [2.24, 2.45) is 11.8 Å². The summed E-state index contributed by atoms with van der Waals surface area (Å²) >= 11 is 0. The van der Waals surface area contributed by atoms with Gasteiger partial charge in [0.2, 0.25) is 5.91 Å². The highest BCUT2D eigenvalue weighted by molar-refractivity contribution is 7.86. The first-order chi connectivity index (χ1) is 10.9. The van der Waals surface area contributed by atoms with E-state index in [0.29, 0.717) is 45.8 Å². The maximum atomic E-state index is 12.5. The Morgan fingerprint density at radius 3 is 2.00 bits per heavy atom. The number of ether oxygens (including phenoxy) is 1. The van der Waals surface area contributed by atoms with Gasteiger partial charge in [0.15, 0.2) is 0 Å². The van der Waals surface area contributed by atoms with Gasteiger partial charge in [-0.2, -0.15) is 17.0 Å². The number of carbonyl (C=O) groups is 2.